The quantitative estimate of drug-likeness (QED) is 0.353. The van der Waals surface area contributed by atoms with Crippen molar-refractivity contribution in [2.75, 3.05) is 0 Å². The second-order valence-corrected chi connectivity index (χ2v) is 1.48. The molecule has 0 aromatic heterocycles. The second kappa shape index (κ2) is 6.38. The van der Waals surface area contributed by atoms with Crippen LogP contribution >= 0.6 is 0 Å². The van der Waals surface area contributed by atoms with Gasteiger partial charge in [-0.05, 0) is 5.92 Å². The second-order valence-electron chi connectivity index (χ2n) is 1.48. The monoisotopic (exact) mass is 109 g/mol. The molecule has 0 nitrogen and oxygen atoms in total. The average Bonchev–Trinajstić information content (AvgIpc) is 1.38. The van der Waals surface area contributed by atoms with Gasteiger partial charge in [-0.2, -0.15) is 0 Å². The van der Waals surface area contributed by atoms with Crippen LogP contribution in [0, 0.1) is 5.92 Å². The summed E-state index contributed by atoms with van der Waals surface area (Å²) in [6.07, 6.45) is 1.92. The van der Waals surface area contributed by atoms with E-state index in [4.69, 9.17) is 0 Å². The van der Waals surface area contributed by atoms with Crippen LogP contribution in [0.25, 0.3) is 0 Å². The summed E-state index contributed by atoms with van der Waals surface area (Å²) in [5.41, 5.74) is 0. The first kappa shape index (κ1) is 10.4. The van der Waals surface area contributed by atoms with E-state index in [1.54, 1.807) is 0 Å². The molecule has 0 aliphatic heterocycles. The predicted octanol–water partition coefficient (Wildman–Crippen LogP) is 1.45. The van der Waals surface area contributed by atoms with Crippen LogP contribution in [0.1, 0.15) is 13.8 Å². The SMILES string of the molecule is C=CC(C)C.[K]. The average molecular weight is 109 g/mol. The molecule has 0 bridgehead atoms. The van der Waals surface area contributed by atoms with Crippen molar-refractivity contribution in [1.29, 1.82) is 0 Å². The largest absolute Gasteiger partial charge is 0.103 e. The fourth-order valence-electron chi connectivity index (χ4n) is 0. The van der Waals surface area contributed by atoms with Crippen molar-refractivity contribution in [3.63, 3.8) is 0 Å². The maximum atomic E-state index is 3.56. The Kier molecular flexibility index (Phi) is 11.0. The summed E-state index contributed by atoms with van der Waals surface area (Å²) in [6.45, 7) is 7.77. The molecular formula is C5H10K. The molecule has 6 heavy (non-hydrogen) atoms. The topological polar surface area (TPSA) is 0 Å². The molecule has 31 valence electrons. The van der Waals surface area contributed by atoms with Crippen LogP contribution in [0.2, 0.25) is 0 Å². The fourth-order valence-corrected chi connectivity index (χ4v) is 0. The third-order valence-electron chi connectivity index (χ3n) is 0.471. The van der Waals surface area contributed by atoms with Gasteiger partial charge in [0.1, 0.15) is 0 Å². The van der Waals surface area contributed by atoms with Gasteiger partial charge in [0.15, 0.2) is 0 Å². The Morgan fingerprint density at radius 2 is 1.67 bits per heavy atom. The molecule has 0 aromatic rings. The molecule has 0 aliphatic rings. The van der Waals surface area contributed by atoms with Gasteiger partial charge < -0.3 is 0 Å². The molecule has 1 radical (unpaired) electrons. The van der Waals surface area contributed by atoms with Crippen molar-refractivity contribution in [1.82, 2.24) is 0 Å². The summed E-state index contributed by atoms with van der Waals surface area (Å²) in [5, 5.41) is 0. The van der Waals surface area contributed by atoms with Gasteiger partial charge in [0.2, 0.25) is 0 Å². The third-order valence-corrected chi connectivity index (χ3v) is 0.471. The predicted molar refractivity (Wildman–Crippen MR) is 30.8 cm³/mol. The summed E-state index contributed by atoms with van der Waals surface area (Å²) in [7, 11) is 0. The molecule has 0 amide bonds. The van der Waals surface area contributed by atoms with E-state index in [9.17, 15) is 0 Å². The molecule has 0 spiro atoms. The minimum absolute atomic E-state index is 0. The van der Waals surface area contributed by atoms with E-state index in [0.717, 1.165) is 0 Å². The summed E-state index contributed by atoms with van der Waals surface area (Å²) >= 11 is 0. The standard InChI is InChI=1S/C5H10.K/c1-4-5(2)3;/h4-5H,1H2,2-3H3;. The van der Waals surface area contributed by atoms with Crippen LogP contribution in [-0.4, -0.2) is 51.4 Å². The van der Waals surface area contributed by atoms with E-state index < -0.39 is 0 Å². The van der Waals surface area contributed by atoms with Gasteiger partial charge in [0.25, 0.3) is 0 Å². The van der Waals surface area contributed by atoms with Gasteiger partial charge >= 0.3 is 0 Å². The van der Waals surface area contributed by atoms with Gasteiger partial charge in [-0.25, -0.2) is 0 Å². The van der Waals surface area contributed by atoms with Crippen molar-refractivity contribution in [3.05, 3.63) is 12.7 Å². The Balaban J connectivity index is 0. The van der Waals surface area contributed by atoms with Crippen molar-refractivity contribution in [2.45, 2.75) is 13.8 Å². The minimum atomic E-state index is 0. The summed E-state index contributed by atoms with van der Waals surface area (Å²) in [5.74, 6) is 0.648. The Bertz CT molecular complexity index is 30.9. The van der Waals surface area contributed by atoms with Crippen LogP contribution in [0.3, 0.4) is 0 Å². The van der Waals surface area contributed by atoms with Crippen molar-refractivity contribution in [2.24, 2.45) is 5.92 Å². The number of hydrogen-bond donors (Lipinski definition) is 0. The Labute approximate surface area is 82.4 Å². The van der Waals surface area contributed by atoms with Gasteiger partial charge in [-0.3, -0.25) is 0 Å². The van der Waals surface area contributed by atoms with E-state index in [0.29, 0.717) is 5.92 Å². The van der Waals surface area contributed by atoms with Crippen molar-refractivity contribution < 1.29 is 0 Å². The van der Waals surface area contributed by atoms with E-state index in [1.165, 1.54) is 0 Å². The van der Waals surface area contributed by atoms with Crippen LogP contribution in [0.4, 0.5) is 0 Å². The molecule has 0 aliphatic carbocycles. The minimum Gasteiger partial charge on any atom is -0.103 e. The van der Waals surface area contributed by atoms with Crippen molar-refractivity contribution >= 4 is 51.4 Å². The number of hydrogen-bond acceptors (Lipinski definition) is 0. The van der Waals surface area contributed by atoms with Crippen LogP contribution < -0.4 is 0 Å². The summed E-state index contributed by atoms with van der Waals surface area (Å²) in [4.78, 5) is 0. The molecule has 0 aromatic carbocycles. The molecular weight excluding hydrogens is 99.2 g/mol. The Morgan fingerprint density at radius 1 is 1.50 bits per heavy atom. The van der Waals surface area contributed by atoms with E-state index in [-0.39, 0.29) is 51.4 Å². The summed E-state index contributed by atoms with van der Waals surface area (Å²) in [6, 6.07) is 0. The zero-order valence-electron chi connectivity index (χ0n) is 4.86. The molecule has 0 saturated heterocycles. The first-order valence-corrected chi connectivity index (χ1v) is 1.90. The van der Waals surface area contributed by atoms with E-state index in [1.807, 2.05) is 6.08 Å². The van der Waals surface area contributed by atoms with Crippen LogP contribution in [0.5, 0.6) is 0 Å². The fraction of sp³-hybridized carbons (Fsp3) is 0.600. The third kappa shape index (κ3) is 9.03. The zero-order chi connectivity index (χ0) is 4.28. The van der Waals surface area contributed by atoms with Gasteiger partial charge in [0, 0.05) is 51.4 Å². The van der Waals surface area contributed by atoms with Crippen LogP contribution in [-0.2, 0) is 0 Å². The van der Waals surface area contributed by atoms with Crippen LogP contribution in [0.15, 0.2) is 12.7 Å². The van der Waals surface area contributed by atoms with Gasteiger partial charge in [0.05, 0.1) is 0 Å². The smallest absolute Gasteiger partial charge is 0 e. The van der Waals surface area contributed by atoms with E-state index >= 15 is 0 Å². The number of rotatable bonds is 1. The molecule has 0 N–H and O–H groups in total. The molecule has 0 fully saturated rings. The Morgan fingerprint density at radius 3 is 1.67 bits per heavy atom. The maximum Gasteiger partial charge on any atom is 0 e. The Hall–Kier alpha value is 1.38. The first-order chi connectivity index (χ1) is 2.27. The molecule has 0 unspecified atom stereocenters. The molecule has 0 rings (SSSR count). The first-order valence-electron chi connectivity index (χ1n) is 1.90. The van der Waals surface area contributed by atoms with Gasteiger partial charge in [-0.1, -0.05) is 19.9 Å². The van der Waals surface area contributed by atoms with Crippen molar-refractivity contribution in [3.8, 4) is 0 Å². The molecule has 1 heteroatoms. The summed E-state index contributed by atoms with van der Waals surface area (Å²) < 4.78 is 0. The number of allylic oxidation sites excluding steroid dienone is 1. The molecule has 0 heterocycles. The molecule has 0 atom stereocenters. The molecule has 0 saturated carbocycles. The van der Waals surface area contributed by atoms with Gasteiger partial charge in [-0.15, -0.1) is 6.58 Å². The normalized spacial score (nSPS) is 7.17. The zero-order valence-corrected chi connectivity index (χ0v) is 7.98. The van der Waals surface area contributed by atoms with E-state index in [2.05, 4.69) is 20.4 Å². The maximum absolute atomic E-state index is 3.56.